The molecular weight excluding hydrogens is 214 g/mol. The second-order valence-electron chi connectivity index (χ2n) is 4.82. The van der Waals surface area contributed by atoms with Crippen molar-refractivity contribution >= 4 is 0 Å². The largest absolute Gasteiger partial charge is 0.381 e. The summed E-state index contributed by atoms with van der Waals surface area (Å²) in [6, 6.07) is 2.70. The molecule has 4 heteroatoms. The molecule has 1 aliphatic rings. The van der Waals surface area contributed by atoms with Crippen LogP contribution in [-0.2, 0) is 17.7 Å². The zero-order valence-electron chi connectivity index (χ0n) is 11.1. The van der Waals surface area contributed by atoms with Crippen LogP contribution in [0.15, 0.2) is 6.07 Å². The van der Waals surface area contributed by atoms with Gasteiger partial charge in [0, 0.05) is 37.2 Å². The first-order valence-electron chi connectivity index (χ1n) is 6.53. The number of aromatic nitrogens is 2. The first-order valence-corrected chi connectivity index (χ1v) is 6.53. The van der Waals surface area contributed by atoms with Gasteiger partial charge in [0.25, 0.3) is 0 Å². The van der Waals surface area contributed by atoms with E-state index in [9.17, 15) is 0 Å². The zero-order chi connectivity index (χ0) is 12.3. The summed E-state index contributed by atoms with van der Waals surface area (Å²) >= 11 is 0. The van der Waals surface area contributed by atoms with Crippen LogP contribution in [0.5, 0.6) is 0 Å². The van der Waals surface area contributed by atoms with Crippen molar-refractivity contribution in [3.8, 4) is 0 Å². The van der Waals surface area contributed by atoms with E-state index in [-0.39, 0.29) is 0 Å². The third kappa shape index (κ3) is 2.87. The van der Waals surface area contributed by atoms with Gasteiger partial charge in [0.1, 0.15) is 0 Å². The first-order chi connectivity index (χ1) is 8.24. The molecule has 4 nitrogen and oxygen atoms in total. The van der Waals surface area contributed by atoms with Crippen molar-refractivity contribution in [3.63, 3.8) is 0 Å². The normalized spacial score (nSPS) is 21.9. The van der Waals surface area contributed by atoms with E-state index in [1.165, 1.54) is 12.1 Å². The Morgan fingerprint density at radius 2 is 2.47 bits per heavy atom. The minimum atomic E-state index is 0.499. The lowest BCUT2D eigenvalue weighted by atomic mass is 9.95. The summed E-state index contributed by atoms with van der Waals surface area (Å²) < 4.78 is 7.58. The van der Waals surface area contributed by atoms with Crippen molar-refractivity contribution in [2.75, 3.05) is 20.3 Å². The van der Waals surface area contributed by atoms with Gasteiger partial charge in [0.2, 0.25) is 0 Å². The summed E-state index contributed by atoms with van der Waals surface area (Å²) in [5, 5.41) is 7.93. The van der Waals surface area contributed by atoms with Crippen LogP contribution in [0.25, 0.3) is 0 Å². The third-order valence-corrected chi connectivity index (χ3v) is 3.62. The van der Waals surface area contributed by atoms with Crippen LogP contribution in [0.4, 0.5) is 0 Å². The molecule has 0 radical (unpaired) electrons. The molecule has 0 aromatic carbocycles. The monoisotopic (exact) mass is 237 g/mol. The second-order valence-corrected chi connectivity index (χ2v) is 4.82. The molecule has 0 aliphatic carbocycles. The molecule has 96 valence electrons. The van der Waals surface area contributed by atoms with Crippen molar-refractivity contribution in [3.05, 3.63) is 17.5 Å². The highest BCUT2D eigenvalue weighted by molar-refractivity contribution is 5.11. The summed E-state index contributed by atoms with van der Waals surface area (Å²) in [5.41, 5.74) is 2.44. The molecule has 2 heterocycles. The zero-order valence-corrected chi connectivity index (χ0v) is 11.1. The van der Waals surface area contributed by atoms with Gasteiger partial charge in [-0.1, -0.05) is 0 Å². The highest BCUT2D eigenvalue weighted by atomic mass is 16.5. The van der Waals surface area contributed by atoms with Crippen LogP contribution in [0, 0.1) is 12.8 Å². The Hall–Kier alpha value is -0.870. The number of hydrogen-bond acceptors (Lipinski definition) is 3. The second kappa shape index (κ2) is 5.65. The molecule has 0 amide bonds. The average molecular weight is 237 g/mol. The van der Waals surface area contributed by atoms with Gasteiger partial charge in [-0.25, -0.2) is 0 Å². The summed E-state index contributed by atoms with van der Waals surface area (Å²) in [5.74, 6) is 0.639. The SMILES string of the molecule is CCn1nc(C)cc1CC(NC)C1CCOC1. The van der Waals surface area contributed by atoms with Crippen LogP contribution in [0.2, 0.25) is 0 Å². The number of hydrogen-bond donors (Lipinski definition) is 1. The van der Waals surface area contributed by atoms with Gasteiger partial charge in [-0.2, -0.15) is 5.10 Å². The van der Waals surface area contributed by atoms with Crippen molar-refractivity contribution in [2.45, 2.75) is 39.3 Å². The lowest BCUT2D eigenvalue weighted by Crippen LogP contribution is -2.36. The van der Waals surface area contributed by atoms with Gasteiger partial charge in [-0.3, -0.25) is 4.68 Å². The van der Waals surface area contributed by atoms with Gasteiger partial charge in [-0.15, -0.1) is 0 Å². The molecule has 2 rings (SSSR count). The van der Waals surface area contributed by atoms with Crippen molar-refractivity contribution in [1.82, 2.24) is 15.1 Å². The Bertz CT molecular complexity index is 356. The molecule has 17 heavy (non-hydrogen) atoms. The summed E-state index contributed by atoms with van der Waals surface area (Å²) in [6.45, 7) is 6.95. The number of ether oxygens (including phenoxy) is 1. The molecular formula is C13H23N3O. The predicted octanol–water partition coefficient (Wildman–Crippen LogP) is 1.38. The number of likely N-dealkylation sites (N-methyl/N-ethyl adjacent to an activating group) is 1. The number of nitrogens with one attached hydrogen (secondary N) is 1. The maximum absolute atomic E-state index is 5.48. The fourth-order valence-electron chi connectivity index (χ4n) is 2.64. The van der Waals surface area contributed by atoms with Gasteiger partial charge in [0.05, 0.1) is 12.3 Å². The van der Waals surface area contributed by atoms with Gasteiger partial charge in [-0.05, 0) is 33.4 Å². The summed E-state index contributed by atoms with van der Waals surface area (Å²) in [6.07, 6.45) is 2.21. The van der Waals surface area contributed by atoms with Crippen LogP contribution in [0.1, 0.15) is 24.7 Å². The van der Waals surface area contributed by atoms with Crippen LogP contribution >= 0.6 is 0 Å². The predicted molar refractivity (Wildman–Crippen MR) is 68.1 cm³/mol. The highest BCUT2D eigenvalue weighted by Gasteiger charge is 2.25. The molecule has 1 saturated heterocycles. The quantitative estimate of drug-likeness (QED) is 0.841. The topological polar surface area (TPSA) is 39.1 Å². The fourth-order valence-corrected chi connectivity index (χ4v) is 2.64. The molecule has 1 N–H and O–H groups in total. The summed E-state index contributed by atoms with van der Waals surface area (Å²) in [4.78, 5) is 0. The standard InChI is InChI=1S/C13H23N3O/c1-4-16-12(7-10(2)15-16)8-13(14-3)11-5-6-17-9-11/h7,11,13-14H,4-6,8-9H2,1-3H3. The molecule has 1 aliphatic heterocycles. The van der Waals surface area contributed by atoms with E-state index in [1.54, 1.807) is 0 Å². The lowest BCUT2D eigenvalue weighted by molar-refractivity contribution is 0.177. The molecule has 0 bridgehead atoms. The van der Waals surface area contributed by atoms with E-state index in [4.69, 9.17) is 4.74 Å². The maximum atomic E-state index is 5.48. The minimum absolute atomic E-state index is 0.499. The minimum Gasteiger partial charge on any atom is -0.381 e. The Kier molecular flexibility index (Phi) is 4.18. The van der Waals surface area contributed by atoms with Crippen molar-refractivity contribution in [2.24, 2.45) is 5.92 Å². The molecule has 1 aromatic heterocycles. The Labute approximate surface area is 103 Å². The van der Waals surface area contributed by atoms with Gasteiger partial charge >= 0.3 is 0 Å². The molecule has 0 saturated carbocycles. The molecule has 0 spiro atoms. The van der Waals surface area contributed by atoms with E-state index in [2.05, 4.69) is 35.0 Å². The van der Waals surface area contributed by atoms with Gasteiger partial charge in [0.15, 0.2) is 0 Å². The third-order valence-electron chi connectivity index (χ3n) is 3.62. The molecule has 2 unspecified atom stereocenters. The van der Waals surface area contributed by atoms with E-state index >= 15 is 0 Å². The highest BCUT2D eigenvalue weighted by Crippen LogP contribution is 2.20. The van der Waals surface area contributed by atoms with E-state index in [1.807, 2.05) is 7.05 Å². The maximum Gasteiger partial charge on any atom is 0.0596 e. The Morgan fingerprint density at radius 1 is 1.65 bits per heavy atom. The number of aryl methyl sites for hydroxylation is 2. The average Bonchev–Trinajstić information content (AvgIpc) is 2.94. The van der Waals surface area contributed by atoms with E-state index in [0.717, 1.165) is 31.9 Å². The Balaban J connectivity index is 2.06. The lowest BCUT2D eigenvalue weighted by Gasteiger charge is -2.22. The van der Waals surface area contributed by atoms with Crippen LogP contribution in [0.3, 0.4) is 0 Å². The fraction of sp³-hybridized carbons (Fsp3) is 0.769. The molecule has 1 fully saturated rings. The number of nitrogens with zero attached hydrogens (tertiary/aromatic N) is 2. The summed E-state index contributed by atoms with van der Waals surface area (Å²) in [7, 11) is 2.04. The Morgan fingerprint density at radius 3 is 3.06 bits per heavy atom. The van der Waals surface area contributed by atoms with Crippen LogP contribution in [-0.4, -0.2) is 36.1 Å². The smallest absolute Gasteiger partial charge is 0.0596 e. The first kappa shape index (κ1) is 12.6. The van der Waals surface area contributed by atoms with Crippen molar-refractivity contribution < 1.29 is 4.74 Å². The van der Waals surface area contributed by atoms with E-state index in [0.29, 0.717) is 12.0 Å². The van der Waals surface area contributed by atoms with E-state index < -0.39 is 0 Å². The molecule has 2 atom stereocenters. The number of rotatable bonds is 5. The van der Waals surface area contributed by atoms with Crippen LogP contribution < -0.4 is 5.32 Å². The molecule has 1 aromatic rings. The van der Waals surface area contributed by atoms with Gasteiger partial charge < -0.3 is 10.1 Å². The van der Waals surface area contributed by atoms with Crippen molar-refractivity contribution in [1.29, 1.82) is 0 Å².